The molecule has 2 N–H and O–H groups in total. The third kappa shape index (κ3) is 3.94. The van der Waals surface area contributed by atoms with Crippen molar-refractivity contribution in [2.45, 2.75) is 37.9 Å². The van der Waals surface area contributed by atoms with Gasteiger partial charge in [-0.25, -0.2) is 12.7 Å². The smallest absolute Gasteiger partial charge is 0.218 e. The van der Waals surface area contributed by atoms with Crippen LogP contribution in [-0.2, 0) is 15.8 Å². The van der Waals surface area contributed by atoms with Crippen LogP contribution in [0.2, 0.25) is 0 Å². The zero-order valence-corrected chi connectivity index (χ0v) is 12.0. The van der Waals surface area contributed by atoms with Crippen molar-refractivity contribution in [1.29, 1.82) is 0 Å². The van der Waals surface area contributed by atoms with E-state index in [1.165, 1.54) is 6.42 Å². The molecule has 0 aromatic heterocycles. The van der Waals surface area contributed by atoms with E-state index >= 15 is 0 Å². The van der Waals surface area contributed by atoms with E-state index in [0.29, 0.717) is 24.3 Å². The number of anilines is 1. The topological polar surface area (TPSA) is 63.4 Å². The lowest BCUT2D eigenvalue weighted by Crippen LogP contribution is -2.34. The molecule has 1 aromatic rings. The normalized spacial score (nSPS) is 18.7. The number of rotatable bonds is 3. The van der Waals surface area contributed by atoms with Crippen molar-refractivity contribution in [1.82, 2.24) is 4.31 Å². The summed E-state index contributed by atoms with van der Waals surface area (Å²) < 4.78 is 26.5. The maximum atomic E-state index is 12.4. The molecule has 0 saturated carbocycles. The molecule has 0 amide bonds. The van der Waals surface area contributed by atoms with E-state index in [2.05, 4.69) is 0 Å². The number of nitrogens with zero attached hydrogens (tertiary/aromatic N) is 1. The predicted molar refractivity (Wildman–Crippen MR) is 78.1 cm³/mol. The first-order valence-electron chi connectivity index (χ1n) is 6.91. The van der Waals surface area contributed by atoms with Crippen molar-refractivity contribution >= 4 is 15.7 Å². The Morgan fingerprint density at radius 1 is 1.00 bits per heavy atom. The Bertz CT molecular complexity index is 506. The van der Waals surface area contributed by atoms with Crippen LogP contribution in [0.25, 0.3) is 0 Å². The first kappa shape index (κ1) is 14.3. The van der Waals surface area contributed by atoms with Crippen molar-refractivity contribution in [2.24, 2.45) is 0 Å². The number of para-hydroxylation sites is 1. The zero-order chi connectivity index (χ0) is 13.7. The second kappa shape index (κ2) is 6.39. The number of sulfonamides is 1. The second-order valence-corrected chi connectivity index (χ2v) is 7.09. The van der Waals surface area contributed by atoms with Crippen LogP contribution in [0.15, 0.2) is 24.3 Å². The Morgan fingerprint density at radius 3 is 2.21 bits per heavy atom. The molecule has 1 aliphatic rings. The molecule has 0 bridgehead atoms. The van der Waals surface area contributed by atoms with Gasteiger partial charge >= 0.3 is 0 Å². The minimum absolute atomic E-state index is 0.0136. The first-order valence-corrected chi connectivity index (χ1v) is 8.52. The number of benzene rings is 1. The molecule has 0 atom stereocenters. The van der Waals surface area contributed by atoms with Gasteiger partial charge in [-0.15, -0.1) is 0 Å². The highest BCUT2D eigenvalue weighted by molar-refractivity contribution is 7.88. The summed E-state index contributed by atoms with van der Waals surface area (Å²) in [5.41, 5.74) is 7.08. The molecule has 5 heteroatoms. The second-order valence-electron chi connectivity index (χ2n) is 5.12. The molecule has 0 unspecified atom stereocenters. The minimum Gasteiger partial charge on any atom is -0.398 e. The molecule has 1 heterocycles. The fourth-order valence-corrected chi connectivity index (χ4v) is 4.10. The molecule has 1 fully saturated rings. The molecule has 19 heavy (non-hydrogen) atoms. The molecular formula is C14H22N2O2S. The lowest BCUT2D eigenvalue weighted by Gasteiger charge is -2.24. The summed E-state index contributed by atoms with van der Waals surface area (Å²) in [5.74, 6) is 0.0136. The fourth-order valence-electron chi connectivity index (χ4n) is 2.45. The summed E-state index contributed by atoms with van der Waals surface area (Å²) in [5, 5.41) is 0. The summed E-state index contributed by atoms with van der Waals surface area (Å²) in [6.45, 7) is 1.30. The molecule has 1 aromatic carbocycles. The summed E-state index contributed by atoms with van der Waals surface area (Å²) >= 11 is 0. The molecule has 1 aliphatic heterocycles. The van der Waals surface area contributed by atoms with Gasteiger partial charge in [-0.3, -0.25) is 0 Å². The highest BCUT2D eigenvalue weighted by Crippen LogP contribution is 2.19. The minimum atomic E-state index is -3.25. The van der Waals surface area contributed by atoms with Gasteiger partial charge in [0, 0.05) is 18.8 Å². The Morgan fingerprint density at radius 2 is 1.58 bits per heavy atom. The third-order valence-electron chi connectivity index (χ3n) is 3.60. The van der Waals surface area contributed by atoms with E-state index in [9.17, 15) is 8.42 Å². The fraction of sp³-hybridized carbons (Fsp3) is 0.571. The van der Waals surface area contributed by atoms with E-state index in [1.54, 1.807) is 16.4 Å². The van der Waals surface area contributed by atoms with Crippen molar-refractivity contribution < 1.29 is 8.42 Å². The molecule has 4 nitrogen and oxygen atoms in total. The maximum Gasteiger partial charge on any atom is 0.218 e. The lowest BCUT2D eigenvalue weighted by molar-refractivity contribution is 0.364. The van der Waals surface area contributed by atoms with Gasteiger partial charge in [0.2, 0.25) is 10.0 Å². The lowest BCUT2D eigenvalue weighted by atomic mass is 10.1. The van der Waals surface area contributed by atoms with Gasteiger partial charge in [-0.2, -0.15) is 0 Å². The van der Waals surface area contributed by atoms with Crippen molar-refractivity contribution in [3.8, 4) is 0 Å². The largest absolute Gasteiger partial charge is 0.398 e. The zero-order valence-electron chi connectivity index (χ0n) is 11.2. The van der Waals surface area contributed by atoms with Crippen LogP contribution in [0, 0.1) is 0 Å². The Kier molecular flexibility index (Phi) is 4.82. The number of hydrogen-bond acceptors (Lipinski definition) is 3. The van der Waals surface area contributed by atoms with Crippen LogP contribution in [-0.4, -0.2) is 25.8 Å². The highest BCUT2D eigenvalue weighted by Gasteiger charge is 2.23. The molecule has 2 rings (SSSR count). The molecule has 0 aliphatic carbocycles. The maximum absolute atomic E-state index is 12.4. The molecule has 106 valence electrons. The van der Waals surface area contributed by atoms with E-state index in [1.807, 2.05) is 12.1 Å². The van der Waals surface area contributed by atoms with Crippen LogP contribution in [0.3, 0.4) is 0 Å². The molecule has 1 saturated heterocycles. The quantitative estimate of drug-likeness (QED) is 0.866. The van der Waals surface area contributed by atoms with Crippen LogP contribution < -0.4 is 5.73 Å². The van der Waals surface area contributed by atoms with Crippen LogP contribution >= 0.6 is 0 Å². The summed E-state index contributed by atoms with van der Waals surface area (Å²) in [4.78, 5) is 0. The van der Waals surface area contributed by atoms with Gasteiger partial charge in [0.25, 0.3) is 0 Å². The number of nitrogens with two attached hydrogens (primary N) is 1. The van der Waals surface area contributed by atoms with E-state index in [0.717, 1.165) is 25.7 Å². The molecule has 0 radical (unpaired) electrons. The van der Waals surface area contributed by atoms with Gasteiger partial charge in [0.05, 0.1) is 5.75 Å². The summed E-state index contributed by atoms with van der Waals surface area (Å²) in [6.07, 6.45) is 5.39. The van der Waals surface area contributed by atoms with Crippen LogP contribution in [0.1, 0.15) is 37.7 Å². The summed E-state index contributed by atoms with van der Waals surface area (Å²) in [6, 6.07) is 7.19. The summed E-state index contributed by atoms with van der Waals surface area (Å²) in [7, 11) is -3.25. The van der Waals surface area contributed by atoms with Crippen molar-refractivity contribution in [3.63, 3.8) is 0 Å². The van der Waals surface area contributed by atoms with Gasteiger partial charge in [-0.1, -0.05) is 37.5 Å². The third-order valence-corrected chi connectivity index (χ3v) is 5.43. The Labute approximate surface area is 115 Å². The first-order chi connectivity index (χ1) is 9.09. The van der Waals surface area contributed by atoms with Crippen molar-refractivity contribution in [2.75, 3.05) is 18.8 Å². The molecular weight excluding hydrogens is 260 g/mol. The monoisotopic (exact) mass is 282 g/mol. The van der Waals surface area contributed by atoms with E-state index < -0.39 is 10.0 Å². The standard InChI is InChI=1S/C14H22N2O2S/c15-14-9-5-4-8-13(14)12-19(17,18)16-10-6-2-1-3-7-11-16/h4-5,8-9H,1-3,6-7,10-12,15H2. The average Bonchev–Trinajstić information content (AvgIpc) is 2.31. The van der Waals surface area contributed by atoms with Gasteiger partial charge < -0.3 is 5.73 Å². The van der Waals surface area contributed by atoms with Crippen molar-refractivity contribution in [3.05, 3.63) is 29.8 Å². The highest BCUT2D eigenvalue weighted by atomic mass is 32.2. The predicted octanol–water partition coefficient (Wildman–Crippen LogP) is 2.36. The van der Waals surface area contributed by atoms with Crippen LogP contribution in [0.4, 0.5) is 5.69 Å². The Hall–Kier alpha value is -1.07. The van der Waals surface area contributed by atoms with Gasteiger partial charge in [-0.05, 0) is 24.5 Å². The average molecular weight is 282 g/mol. The SMILES string of the molecule is Nc1ccccc1CS(=O)(=O)N1CCCCCCC1. The Balaban J connectivity index is 2.10. The number of hydrogen-bond donors (Lipinski definition) is 1. The number of nitrogen functional groups attached to an aromatic ring is 1. The van der Waals surface area contributed by atoms with Gasteiger partial charge in [0.15, 0.2) is 0 Å². The van der Waals surface area contributed by atoms with Gasteiger partial charge in [0.1, 0.15) is 0 Å². The molecule has 0 spiro atoms. The van der Waals surface area contributed by atoms with E-state index in [-0.39, 0.29) is 5.75 Å². The van der Waals surface area contributed by atoms with E-state index in [4.69, 9.17) is 5.73 Å². The van der Waals surface area contributed by atoms with Crippen LogP contribution in [0.5, 0.6) is 0 Å².